The van der Waals surface area contributed by atoms with Crippen LogP contribution in [0.15, 0.2) is 123 Å². The predicted octanol–water partition coefficient (Wildman–Crippen LogP) is 6.98. The van der Waals surface area contributed by atoms with E-state index >= 15 is 0 Å². The average molecular weight is 1090 g/mol. The molecule has 0 amide bonds. The molecule has 0 atom stereocenters. The third-order valence-electron chi connectivity index (χ3n) is 8.83. The maximum atomic E-state index is 6.34. The molecule has 272 valence electrons. The first kappa shape index (κ1) is 36.6. The van der Waals surface area contributed by atoms with Gasteiger partial charge in [0, 0.05) is 46.4 Å². The molecule has 0 radical (unpaired) electrons. The number of nitrogens with zero attached hydrogens (tertiary/aromatic N) is 10. The van der Waals surface area contributed by atoms with Crippen LogP contribution >= 0.6 is 0 Å². The number of aromatic nitrogens is 6. The Morgan fingerprint density at radius 3 is 1.39 bits per heavy atom. The van der Waals surface area contributed by atoms with Gasteiger partial charge >= 0.3 is 54.1 Å². The molecule has 0 spiro atoms. The van der Waals surface area contributed by atoms with Gasteiger partial charge in [0.1, 0.15) is 23.0 Å². The molecule has 2 aliphatic rings. The molecule has 8 aromatic rings. The van der Waals surface area contributed by atoms with Crippen molar-refractivity contribution in [3.05, 3.63) is 147 Å². The zero-order valence-corrected chi connectivity index (χ0v) is 34.0. The third-order valence-corrected chi connectivity index (χ3v) is 8.83. The average Bonchev–Trinajstić information content (AvgIpc) is 3.99. The Labute approximate surface area is 348 Å². The van der Waals surface area contributed by atoms with Crippen LogP contribution in [0.5, 0.6) is 23.0 Å². The molecule has 0 fully saturated rings. The van der Waals surface area contributed by atoms with Crippen molar-refractivity contribution in [3.8, 4) is 34.6 Å². The third kappa shape index (κ3) is 6.55. The molecule has 0 aliphatic carbocycles. The summed E-state index contributed by atoms with van der Waals surface area (Å²) in [6, 6.07) is 39.5. The van der Waals surface area contributed by atoms with Gasteiger partial charge in [0.25, 0.3) is 12.4 Å². The van der Waals surface area contributed by atoms with E-state index in [0.717, 1.165) is 32.8 Å². The van der Waals surface area contributed by atoms with E-state index in [1.807, 2.05) is 109 Å². The fourth-order valence-electron chi connectivity index (χ4n) is 6.54. The van der Waals surface area contributed by atoms with E-state index in [1.54, 1.807) is 46.3 Å². The van der Waals surface area contributed by atoms with Crippen LogP contribution in [0.2, 0.25) is 0 Å². The standard InChI is InChI=1S/C42H26N10O2.2Pt/c1-47-15-17-49(27-47)29-19-33(25-43-23-29)53-31-9-11-35-37(21-31)51(39-7-3-5-13-45-39)42-36-12-10-32(22-38(36)52(41(35)42)40-8-4-6-14-46-40)54-34-20-30(24-44-26-34)50-18-16-48(2)28-50;;/h3-18,23-26H,1-2H3;;/q;2*+2. The molecule has 0 N–H and O–H groups in total. The topological polar surface area (TPSA) is 91.9 Å². The van der Waals surface area contributed by atoms with Gasteiger partial charge in [-0.1, -0.05) is 64.4 Å². The molecule has 0 saturated heterocycles. The Kier molecular flexibility index (Phi) is 9.81. The van der Waals surface area contributed by atoms with E-state index in [0.29, 0.717) is 46.0 Å². The van der Waals surface area contributed by atoms with Crippen molar-refractivity contribution in [2.75, 3.05) is 14.1 Å². The number of pyridine rings is 4. The van der Waals surface area contributed by atoms with Gasteiger partial charge < -0.3 is 28.6 Å². The van der Waals surface area contributed by atoms with Crippen molar-refractivity contribution in [2.24, 2.45) is 0 Å². The summed E-state index contributed by atoms with van der Waals surface area (Å²) in [5.41, 5.74) is 4.73. The van der Waals surface area contributed by atoms with Crippen LogP contribution in [-0.2, 0) is 42.1 Å². The molecule has 12 nitrogen and oxygen atoms in total. The minimum absolute atomic E-state index is 0. The Hall–Kier alpha value is -6.40. The number of benzene rings is 2. The summed E-state index contributed by atoms with van der Waals surface area (Å²) >= 11 is 0. The summed E-state index contributed by atoms with van der Waals surface area (Å²) in [5.74, 6) is 3.29. The van der Waals surface area contributed by atoms with Crippen molar-refractivity contribution in [2.45, 2.75) is 0 Å². The smallest absolute Gasteiger partial charge is 0.507 e. The van der Waals surface area contributed by atoms with Crippen LogP contribution in [-0.4, -0.2) is 73.5 Å². The number of ether oxygens (including phenoxy) is 2. The summed E-state index contributed by atoms with van der Waals surface area (Å²) in [6.07, 6.45) is 17.8. The van der Waals surface area contributed by atoms with Gasteiger partial charge in [-0.15, -0.1) is 24.3 Å². The zero-order chi connectivity index (χ0) is 36.2. The SMILES string of the molecule is C[N+]1=C=[N+](c2[c-]c(Oc3[c-]c4c(cc3)c3c(c5ccc(Oc6[c-]c([N+]7=C=[N+](C)C=C7)cnc6)[c-]c5n3-c3ccccn3)n4-c3ccccn3)cnc2)C=C1.[Pt+2].[Pt+2]. The minimum atomic E-state index is 0. The molecule has 0 bridgehead atoms. The Balaban J connectivity index is 0.00000220. The summed E-state index contributed by atoms with van der Waals surface area (Å²) < 4.78 is 24.1. The van der Waals surface area contributed by atoms with Crippen LogP contribution in [0.4, 0.5) is 11.4 Å². The maximum Gasteiger partial charge on any atom is 2.00 e. The summed E-state index contributed by atoms with van der Waals surface area (Å²) in [5, 5.41) is 1.82. The molecular weight excluding hydrogens is 1070 g/mol. The minimum Gasteiger partial charge on any atom is -0.507 e. The molecule has 14 heteroatoms. The van der Waals surface area contributed by atoms with E-state index in [1.165, 1.54) is 0 Å². The number of rotatable bonds is 8. The second-order valence-corrected chi connectivity index (χ2v) is 12.4. The summed E-state index contributed by atoms with van der Waals surface area (Å²) in [7, 11) is 3.81. The van der Waals surface area contributed by atoms with Crippen LogP contribution in [0, 0.1) is 24.3 Å². The fourth-order valence-corrected chi connectivity index (χ4v) is 6.54. The first-order valence-corrected chi connectivity index (χ1v) is 16.9. The fraction of sp³-hybridized carbons (Fsp3) is 0.0476. The second-order valence-electron chi connectivity index (χ2n) is 12.4. The van der Waals surface area contributed by atoms with E-state index in [4.69, 9.17) is 19.4 Å². The van der Waals surface area contributed by atoms with Gasteiger partial charge in [0.15, 0.2) is 14.1 Å². The zero-order valence-electron chi connectivity index (χ0n) is 29.5. The van der Waals surface area contributed by atoms with Crippen LogP contribution < -0.4 is 9.47 Å². The Morgan fingerprint density at radius 2 is 1.00 bits per heavy atom. The molecule has 2 aliphatic heterocycles. The summed E-state index contributed by atoms with van der Waals surface area (Å²) in [4.78, 5) is 18.3. The quantitative estimate of drug-likeness (QED) is 0.121. The molecule has 2 aromatic carbocycles. The molecule has 0 unspecified atom stereocenters. The van der Waals surface area contributed by atoms with E-state index in [-0.39, 0.29) is 42.1 Å². The van der Waals surface area contributed by atoms with Gasteiger partial charge in [-0.05, 0) is 49.1 Å². The van der Waals surface area contributed by atoms with Gasteiger partial charge in [0.2, 0.25) is 12.4 Å². The molecule has 0 saturated carbocycles. The largest absolute Gasteiger partial charge is 2.00 e. The van der Waals surface area contributed by atoms with Crippen molar-refractivity contribution < 1.29 is 69.9 Å². The predicted molar refractivity (Wildman–Crippen MR) is 198 cm³/mol. The van der Waals surface area contributed by atoms with E-state index in [2.05, 4.69) is 55.4 Å². The first-order chi connectivity index (χ1) is 26.6. The molecular formula is C42H26N10O2Pt2+4. The molecule has 56 heavy (non-hydrogen) atoms. The molecule has 10 rings (SSSR count). The second kappa shape index (κ2) is 15.0. The molecule has 8 heterocycles. The van der Waals surface area contributed by atoms with E-state index < -0.39 is 0 Å². The maximum absolute atomic E-state index is 6.34. The number of hydrogen-bond donors (Lipinski definition) is 0. The van der Waals surface area contributed by atoms with Crippen LogP contribution in [0.25, 0.3) is 44.5 Å². The van der Waals surface area contributed by atoms with Gasteiger partial charge in [-0.2, -0.15) is 12.1 Å². The van der Waals surface area contributed by atoms with Gasteiger partial charge in [-0.25, -0.2) is 9.97 Å². The number of hydrogen-bond acceptors (Lipinski definition) is 6. The Bertz CT molecular complexity index is 2840. The Morgan fingerprint density at radius 1 is 0.536 bits per heavy atom. The van der Waals surface area contributed by atoms with Crippen molar-refractivity contribution in [1.29, 1.82) is 0 Å². The van der Waals surface area contributed by atoms with Crippen molar-refractivity contribution >= 4 is 56.2 Å². The van der Waals surface area contributed by atoms with Gasteiger partial charge in [0.05, 0.1) is 0 Å². The molecule has 6 aromatic heterocycles. The number of fused-ring (bicyclic) bond motifs is 5. The normalized spacial score (nSPS) is 13.0. The van der Waals surface area contributed by atoms with Crippen LogP contribution in [0.1, 0.15) is 0 Å². The van der Waals surface area contributed by atoms with Crippen molar-refractivity contribution in [3.63, 3.8) is 0 Å². The summed E-state index contributed by atoms with van der Waals surface area (Å²) in [6.45, 7) is 0. The van der Waals surface area contributed by atoms with Crippen LogP contribution in [0.3, 0.4) is 0 Å². The first-order valence-electron chi connectivity index (χ1n) is 16.9. The monoisotopic (exact) mass is 1090 g/mol. The van der Waals surface area contributed by atoms with Gasteiger partial charge in [-0.3, -0.25) is 0 Å². The van der Waals surface area contributed by atoms with Crippen molar-refractivity contribution in [1.82, 2.24) is 29.1 Å². The van der Waals surface area contributed by atoms with E-state index in [9.17, 15) is 0 Å².